The predicted molar refractivity (Wildman–Crippen MR) is 84.4 cm³/mol. The van der Waals surface area contributed by atoms with E-state index in [-0.39, 0.29) is 6.03 Å². The summed E-state index contributed by atoms with van der Waals surface area (Å²) in [4.78, 5) is 18.0. The van der Waals surface area contributed by atoms with Crippen LogP contribution in [0.1, 0.15) is 12.0 Å². The number of urea groups is 1. The molecule has 1 aromatic rings. The Morgan fingerprint density at radius 3 is 3.19 bits per heavy atom. The third kappa shape index (κ3) is 4.83. The highest BCUT2D eigenvalue weighted by atomic mass is 32.2. The van der Waals surface area contributed by atoms with Crippen LogP contribution in [0.2, 0.25) is 0 Å². The maximum absolute atomic E-state index is 12.0. The molecule has 112 valence electrons. The summed E-state index contributed by atoms with van der Waals surface area (Å²) in [5.41, 5.74) is 0.508. The fourth-order valence-corrected chi connectivity index (χ4v) is 2.93. The van der Waals surface area contributed by atoms with Crippen molar-refractivity contribution in [2.24, 2.45) is 0 Å². The molecule has 0 atom stereocenters. The predicted octanol–water partition coefficient (Wildman–Crippen LogP) is 1.51. The van der Waals surface area contributed by atoms with Crippen molar-refractivity contribution in [3.8, 4) is 6.07 Å². The van der Waals surface area contributed by atoms with Gasteiger partial charge in [0.2, 0.25) is 0 Å². The Morgan fingerprint density at radius 1 is 1.43 bits per heavy atom. The molecule has 2 N–H and O–H groups in total. The lowest BCUT2D eigenvalue weighted by Gasteiger charge is -2.20. The van der Waals surface area contributed by atoms with E-state index >= 15 is 0 Å². The molecular weight excluding hydrogens is 286 g/mol. The SMILES string of the molecule is N#Cc1cccnc1NCCNC(=O)N1CCCSCC1. The molecule has 0 bridgehead atoms. The van der Waals surface area contributed by atoms with E-state index in [0.29, 0.717) is 24.5 Å². The first-order valence-corrected chi connectivity index (χ1v) is 8.16. The van der Waals surface area contributed by atoms with E-state index in [2.05, 4.69) is 21.7 Å². The second-order valence-electron chi connectivity index (χ2n) is 4.62. The summed E-state index contributed by atoms with van der Waals surface area (Å²) in [6.45, 7) is 2.68. The van der Waals surface area contributed by atoms with Gasteiger partial charge in [0, 0.05) is 38.1 Å². The summed E-state index contributed by atoms with van der Waals surface area (Å²) in [5, 5.41) is 14.9. The average molecular weight is 305 g/mol. The van der Waals surface area contributed by atoms with Crippen LogP contribution in [0.25, 0.3) is 0 Å². The quantitative estimate of drug-likeness (QED) is 0.824. The summed E-state index contributed by atoms with van der Waals surface area (Å²) >= 11 is 1.89. The number of pyridine rings is 1. The van der Waals surface area contributed by atoms with Crippen LogP contribution in [0.3, 0.4) is 0 Å². The molecule has 0 radical (unpaired) electrons. The molecular formula is C14H19N5OS. The van der Waals surface area contributed by atoms with Crippen LogP contribution in [0.4, 0.5) is 10.6 Å². The molecule has 2 heterocycles. The second kappa shape index (κ2) is 8.37. The summed E-state index contributed by atoms with van der Waals surface area (Å²) in [6, 6.07) is 5.50. The van der Waals surface area contributed by atoms with Crippen LogP contribution in [0.15, 0.2) is 18.3 Å². The van der Waals surface area contributed by atoms with Crippen molar-refractivity contribution in [1.82, 2.24) is 15.2 Å². The molecule has 2 amide bonds. The molecule has 1 saturated heterocycles. The van der Waals surface area contributed by atoms with E-state index in [1.807, 2.05) is 16.7 Å². The maximum atomic E-state index is 12.0. The van der Waals surface area contributed by atoms with Crippen LogP contribution in [0, 0.1) is 11.3 Å². The smallest absolute Gasteiger partial charge is 0.317 e. The monoisotopic (exact) mass is 305 g/mol. The molecule has 0 aliphatic carbocycles. The number of hydrogen-bond acceptors (Lipinski definition) is 5. The first-order chi connectivity index (χ1) is 10.3. The van der Waals surface area contributed by atoms with E-state index in [9.17, 15) is 4.79 Å². The number of nitrogens with one attached hydrogen (secondary N) is 2. The van der Waals surface area contributed by atoms with Gasteiger partial charge < -0.3 is 15.5 Å². The van der Waals surface area contributed by atoms with Gasteiger partial charge in [-0.2, -0.15) is 17.0 Å². The Hall–Kier alpha value is -1.94. The van der Waals surface area contributed by atoms with Crippen molar-refractivity contribution in [3.05, 3.63) is 23.9 Å². The van der Waals surface area contributed by atoms with E-state index in [0.717, 1.165) is 31.0 Å². The lowest BCUT2D eigenvalue weighted by Crippen LogP contribution is -2.42. The second-order valence-corrected chi connectivity index (χ2v) is 5.85. The van der Waals surface area contributed by atoms with Crippen LogP contribution >= 0.6 is 11.8 Å². The minimum atomic E-state index is -0.0131. The highest BCUT2D eigenvalue weighted by molar-refractivity contribution is 7.99. The zero-order chi connectivity index (χ0) is 14.9. The van der Waals surface area contributed by atoms with E-state index in [4.69, 9.17) is 5.26 Å². The maximum Gasteiger partial charge on any atom is 0.317 e. The number of nitrogens with zero attached hydrogens (tertiary/aromatic N) is 3. The van der Waals surface area contributed by atoms with Crippen molar-refractivity contribution in [2.75, 3.05) is 43.0 Å². The minimum Gasteiger partial charge on any atom is -0.367 e. The highest BCUT2D eigenvalue weighted by Crippen LogP contribution is 2.10. The van der Waals surface area contributed by atoms with Gasteiger partial charge in [-0.1, -0.05) is 0 Å². The lowest BCUT2D eigenvalue weighted by atomic mass is 10.3. The zero-order valence-corrected chi connectivity index (χ0v) is 12.7. The van der Waals surface area contributed by atoms with Crippen LogP contribution < -0.4 is 10.6 Å². The molecule has 1 aromatic heterocycles. The molecule has 1 aliphatic rings. The normalized spacial score (nSPS) is 14.9. The first-order valence-electron chi connectivity index (χ1n) is 7.01. The van der Waals surface area contributed by atoms with Crippen molar-refractivity contribution in [1.29, 1.82) is 5.26 Å². The van der Waals surface area contributed by atoms with Gasteiger partial charge in [-0.15, -0.1) is 0 Å². The number of carbonyl (C=O) groups excluding carboxylic acids is 1. The van der Waals surface area contributed by atoms with Crippen LogP contribution in [-0.2, 0) is 0 Å². The molecule has 1 fully saturated rings. The lowest BCUT2D eigenvalue weighted by molar-refractivity contribution is 0.202. The van der Waals surface area contributed by atoms with Crippen molar-refractivity contribution < 1.29 is 4.79 Å². The molecule has 0 saturated carbocycles. The van der Waals surface area contributed by atoms with Crippen LogP contribution in [-0.4, -0.2) is 53.6 Å². The molecule has 2 rings (SSSR count). The van der Waals surface area contributed by atoms with Crippen LogP contribution in [0.5, 0.6) is 0 Å². The molecule has 7 heteroatoms. The fraction of sp³-hybridized carbons (Fsp3) is 0.500. The van der Waals surface area contributed by atoms with Crippen molar-refractivity contribution in [3.63, 3.8) is 0 Å². The standard InChI is InChI=1S/C14H19N5OS/c15-11-12-3-1-4-16-13(12)17-5-6-18-14(20)19-7-2-9-21-10-8-19/h1,3-4H,2,5-10H2,(H,16,17)(H,18,20). The average Bonchev–Trinajstić information content (AvgIpc) is 2.81. The Bertz CT molecular complexity index is 508. The van der Waals surface area contributed by atoms with E-state index in [1.54, 1.807) is 18.3 Å². The van der Waals surface area contributed by atoms with Gasteiger partial charge in [-0.25, -0.2) is 9.78 Å². The number of anilines is 1. The third-order valence-electron chi connectivity index (χ3n) is 3.13. The summed E-state index contributed by atoms with van der Waals surface area (Å²) in [5.74, 6) is 2.69. The number of nitriles is 1. The van der Waals surface area contributed by atoms with Crippen molar-refractivity contribution >= 4 is 23.6 Å². The third-order valence-corrected chi connectivity index (χ3v) is 4.18. The molecule has 1 aliphatic heterocycles. The van der Waals surface area contributed by atoms with E-state index < -0.39 is 0 Å². The molecule has 0 spiro atoms. The Kier molecular flexibility index (Phi) is 6.16. The molecule has 0 unspecified atom stereocenters. The number of amides is 2. The molecule has 0 aromatic carbocycles. The van der Waals surface area contributed by atoms with Gasteiger partial charge in [0.1, 0.15) is 11.9 Å². The number of rotatable bonds is 4. The minimum absolute atomic E-state index is 0.0131. The van der Waals surface area contributed by atoms with Gasteiger partial charge >= 0.3 is 6.03 Å². The highest BCUT2D eigenvalue weighted by Gasteiger charge is 2.14. The number of carbonyl (C=O) groups is 1. The molecule has 21 heavy (non-hydrogen) atoms. The van der Waals surface area contributed by atoms with Gasteiger partial charge in [0.25, 0.3) is 0 Å². The van der Waals surface area contributed by atoms with E-state index in [1.165, 1.54) is 0 Å². The van der Waals surface area contributed by atoms with Gasteiger partial charge in [-0.05, 0) is 24.3 Å². The summed E-state index contributed by atoms with van der Waals surface area (Å²) < 4.78 is 0. The molecule has 6 nitrogen and oxygen atoms in total. The Labute approximate surface area is 128 Å². The van der Waals surface area contributed by atoms with Gasteiger partial charge in [0.15, 0.2) is 0 Å². The Morgan fingerprint density at radius 2 is 2.33 bits per heavy atom. The topological polar surface area (TPSA) is 81.0 Å². The fourth-order valence-electron chi connectivity index (χ4n) is 2.05. The Balaban J connectivity index is 1.71. The van der Waals surface area contributed by atoms with Gasteiger partial charge in [-0.3, -0.25) is 0 Å². The summed E-state index contributed by atoms with van der Waals surface area (Å²) in [6.07, 6.45) is 2.69. The zero-order valence-electron chi connectivity index (χ0n) is 11.8. The first kappa shape index (κ1) is 15.4. The van der Waals surface area contributed by atoms with Gasteiger partial charge in [0.05, 0.1) is 5.56 Å². The number of aromatic nitrogens is 1. The van der Waals surface area contributed by atoms with Crippen molar-refractivity contribution in [2.45, 2.75) is 6.42 Å². The largest absolute Gasteiger partial charge is 0.367 e. The summed E-state index contributed by atoms with van der Waals surface area (Å²) in [7, 11) is 0. The number of thioether (sulfide) groups is 1. The number of hydrogen-bond donors (Lipinski definition) is 2.